The quantitative estimate of drug-likeness (QED) is 0.602. The van der Waals surface area contributed by atoms with Crippen molar-refractivity contribution < 1.29 is 24.2 Å². The molecule has 0 aromatic heterocycles. The third kappa shape index (κ3) is 3.57. The molecular weight excluding hydrogens is 260 g/mol. The summed E-state index contributed by atoms with van der Waals surface area (Å²) in [6, 6.07) is 8.99. The Kier molecular flexibility index (Phi) is 6.18. The highest BCUT2D eigenvalue weighted by Crippen LogP contribution is 2.27. The number of esters is 2. The molecule has 0 fully saturated rings. The van der Waals surface area contributed by atoms with Crippen molar-refractivity contribution in [1.82, 2.24) is 0 Å². The van der Waals surface area contributed by atoms with Crippen LogP contribution in [0.2, 0.25) is 0 Å². The van der Waals surface area contributed by atoms with E-state index in [4.69, 9.17) is 9.47 Å². The van der Waals surface area contributed by atoms with Crippen molar-refractivity contribution >= 4 is 11.9 Å². The highest BCUT2D eigenvalue weighted by atomic mass is 16.6. The van der Waals surface area contributed by atoms with Gasteiger partial charge in [-0.25, -0.2) is 0 Å². The van der Waals surface area contributed by atoms with Crippen molar-refractivity contribution in [3.05, 3.63) is 35.9 Å². The average Bonchev–Trinajstić information content (AvgIpc) is 2.46. The molecule has 5 nitrogen and oxygen atoms in total. The molecule has 1 rings (SSSR count). The SMILES string of the molecule is CCOC(=O)C(CO)(Cc1ccccc1)C(=O)OCC. The van der Waals surface area contributed by atoms with Crippen LogP contribution in [0.25, 0.3) is 0 Å². The second kappa shape index (κ2) is 7.65. The Morgan fingerprint density at radius 1 is 1.05 bits per heavy atom. The van der Waals surface area contributed by atoms with Crippen LogP contribution in [-0.2, 0) is 25.5 Å². The van der Waals surface area contributed by atoms with E-state index in [1.165, 1.54) is 0 Å². The number of aliphatic hydroxyl groups excluding tert-OH is 1. The van der Waals surface area contributed by atoms with Crippen molar-refractivity contribution in [2.24, 2.45) is 5.41 Å². The van der Waals surface area contributed by atoms with E-state index in [1.807, 2.05) is 6.07 Å². The first-order valence-corrected chi connectivity index (χ1v) is 6.60. The minimum absolute atomic E-state index is 0.0437. The second-order valence-corrected chi connectivity index (χ2v) is 4.34. The third-order valence-electron chi connectivity index (χ3n) is 2.95. The van der Waals surface area contributed by atoms with Gasteiger partial charge >= 0.3 is 11.9 Å². The number of carbonyl (C=O) groups excluding carboxylic acids is 2. The zero-order chi connectivity index (χ0) is 15.0. The van der Waals surface area contributed by atoms with Crippen molar-refractivity contribution in [2.45, 2.75) is 20.3 Å². The van der Waals surface area contributed by atoms with Gasteiger partial charge in [-0.05, 0) is 19.4 Å². The molecular formula is C15H20O5. The average molecular weight is 280 g/mol. The van der Waals surface area contributed by atoms with Gasteiger partial charge in [0.15, 0.2) is 5.41 Å². The molecule has 1 aromatic carbocycles. The molecule has 0 aliphatic rings. The summed E-state index contributed by atoms with van der Waals surface area (Å²) >= 11 is 0. The van der Waals surface area contributed by atoms with Gasteiger partial charge in [-0.1, -0.05) is 30.3 Å². The van der Waals surface area contributed by atoms with E-state index in [9.17, 15) is 14.7 Å². The molecule has 0 aliphatic carbocycles. The van der Waals surface area contributed by atoms with Gasteiger partial charge in [0.25, 0.3) is 0 Å². The van der Waals surface area contributed by atoms with Gasteiger partial charge in [-0.3, -0.25) is 9.59 Å². The lowest BCUT2D eigenvalue weighted by Gasteiger charge is -2.27. The smallest absolute Gasteiger partial charge is 0.326 e. The van der Waals surface area contributed by atoms with Gasteiger partial charge in [0.05, 0.1) is 19.8 Å². The van der Waals surface area contributed by atoms with E-state index in [1.54, 1.807) is 38.1 Å². The third-order valence-corrected chi connectivity index (χ3v) is 2.95. The summed E-state index contributed by atoms with van der Waals surface area (Å²) in [7, 11) is 0. The molecule has 0 heterocycles. The predicted octanol–water partition coefficient (Wildman–Crippen LogP) is 1.33. The van der Waals surface area contributed by atoms with E-state index in [0.717, 1.165) is 5.56 Å². The van der Waals surface area contributed by atoms with Crippen molar-refractivity contribution in [3.63, 3.8) is 0 Å². The van der Waals surface area contributed by atoms with E-state index < -0.39 is 24.0 Å². The molecule has 1 N–H and O–H groups in total. The van der Waals surface area contributed by atoms with Crippen LogP contribution in [0.3, 0.4) is 0 Å². The van der Waals surface area contributed by atoms with Gasteiger partial charge in [-0.2, -0.15) is 0 Å². The second-order valence-electron chi connectivity index (χ2n) is 4.34. The number of carbonyl (C=O) groups is 2. The lowest BCUT2D eigenvalue weighted by molar-refractivity contribution is -0.175. The van der Waals surface area contributed by atoms with Gasteiger partial charge in [-0.15, -0.1) is 0 Å². The van der Waals surface area contributed by atoms with Crippen LogP contribution in [0.4, 0.5) is 0 Å². The van der Waals surface area contributed by atoms with Crippen molar-refractivity contribution in [3.8, 4) is 0 Å². The lowest BCUT2D eigenvalue weighted by Crippen LogP contribution is -2.47. The van der Waals surface area contributed by atoms with Crippen molar-refractivity contribution in [1.29, 1.82) is 0 Å². The summed E-state index contributed by atoms with van der Waals surface area (Å²) in [6.45, 7) is 2.91. The molecule has 0 saturated heterocycles. The maximum Gasteiger partial charge on any atom is 0.326 e. The fourth-order valence-electron chi connectivity index (χ4n) is 1.90. The first-order valence-electron chi connectivity index (χ1n) is 6.60. The van der Waals surface area contributed by atoms with Crippen LogP contribution in [0.1, 0.15) is 19.4 Å². The molecule has 0 saturated carbocycles. The molecule has 0 bridgehead atoms. The summed E-state index contributed by atoms with van der Waals surface area (Å²) in [4.78, 5) is 24.3. The number of rotatable bonds is 7. The fourth-order valence-corrected chi connectivity index (χ4v) is 1.90. The monoisotopic (exact) mass is 280 g/mol. The fraction of sp³-hybridized carbons (Fsp3) is 0.467. The summed E-state index contributed by atoms with van der Waals surface area (Å²) in [6.07, 6.45) is 0.0437. The summed E-state index contributed by atoms with van der Waals surface area (Å²) in [5.41, 5.74) is -0.949. The summed E-state index contributed by atoms with van der Waals surface area (Å²) in [5.74, 6) is -1.52. The van der Waals surface area contributed by atoms with Crippen LogP contribution in [0, 0.1) is 5.41 Å². The molecule has 0 spiro atoms. The number of benzene rings is 1. The molecule has 5 heteroatoms. The Balaban J connectivity index is 3.10. The number of aliphatic hydroxyl groups is 1. The van der Waals surface area contributed by atoms with Gasteiger partial charge in [0, 0.05) is 6.42 Å². The van der Waals surface area contributed by atoms with Gasteiger partial charge in [0.1, 0.15) is 0 Å². The Morgan fingerprint density at radius 2 is 1.55 bits per heavy atom. The van der Waals surface area contributed by atoms with Crippen molar-refractivity contribution in [2.75, 3.05) is 19.8 Å². The Morgan fingerprint density at radius 3 is 1.95 bits per heavy atom. The van der Waals surface area contributed by atoms with Crippen LogP contribution in [-0.4, -0.2) is 36.9 Å². The van der Waals surface area contributed by atoms with E-state index in [-0.39, 0.29) is 19.6 Å². The van der Waals surface area contributed by atoms with Crippen LogP contribution in [0.5, 0.6) is 0 Å². The standard InChI is InChI=1S/C15H20O5/c1-3-19-13(17)15(11-16,14(18)20-4-2)10-12-8-6-5-7-9-12/h5-9,16H,3-4,10-11H2,1-2H3. The molecule has 0 amide bonds. The maximum absolute atomic E-state index is 12.1. The van der Waals surface area contributed by atoms with E-state index in [2.05, 4.69) is 0 Å². The zero-order valence-corrected chi connectivity index (χ0v) is 11.8. The maximum atomic E-state index is 12.1. The first-order chi connectivity index (χ1) is 9.60. The Bertz CT molecular complexity index is 423. The minimum Gasteiger partial charge on any atom is -0.465 e. The number of ether oxygens (including phenoxy) is 2. The topological polar surface area (TPSA) is 72.8 Å². The molecule has 1 aromatic rings. The largest absolute Gasteiger partial charge is 0.465 e. The number of hydrogen-bond acceptors (Lipinski definition) is 5. The predicted molar refractivity (Wildman–Crippen MR) is 72.9 cm³/mol. The van der Waals surface area contributed by atoms with Gasteiger partial charge < -0.3 is 14.6 Å². The highest BCUT2D eigenvalue weighted by Gasteiger charge is 2.48. The van der Waals surface area contributed by atoms with Crippen LogP contribution >= 0.6 is 0 Å². The molecule has 0 radical (unpaired) electrons. The van der Waals surface area contributed by atoms with Crippen LogP contribution < -0.4 is 0 Å². The minimum atomic E-state index is -1.70. The molecule has 20 heavy (non-hydrogen) atoms. The number of hydrogen-bond donors (Lipinski definition) is 1. The summed E-state index contributed by atoms with van der Waals surface area (Å²) < 4.78 is 9.88. The first kappa shape index (κ1) is 16.2. The molecule has 0 atom stereocenters. The highest BCUT2D eigenvalue weighted by molar-refractivity contribution is 6.00. The normalized spacial score (nSPS) is 10.9. The van der Waals surface area contributed by atoms with Gasteiger partial charge in [0.2, 0.25) is 0 Å². The lowest BCUT2D eigenvalue weighted by atomic mass is 9.82. The summed E-state index contributed by atoms with van der Waals surface area (Å²) in [5, 5.41) is 9.63. The molecule has 110 valence electrons. The molecule has 0 aliphatic heterocycles. The van der Waals surface area contributed by atoms with E-state index in [0.29, 0.717) is 0 Å². The van der Waals surface area contributed by atoms with Crippen LogP contribution in [0.15, 0.2) is 30.3 Å². The Hall–Kier alpha value is -1.88. The molecule has 0 unspecified atom stereocenters. The Labute approximate surface area is 118 Å². The zero-order valence-electron chi connectivity index (χ0n) is 11.8. The van der Waals surface area contributed by atoms with E-state index >= 15 is 0 Å².